The maximum atomic E-state index is 13.3. The topological polar surface area (TPSA) is 24.9 Å². The van der Waals surface area contributed by atoms with Crippen molar-refractivity contribution in [2.45, 2.75) is 20.8 Å². The van der Waals surface area contributed by atoms with E-state index >= 15 is 0 Å². The fourth-order valence-electron chi connectivity index (χ4n) is 0.989. The number of anilines is 1. The van der Waals surface area contributed by atoms with E-state index in [1.54, 1.807) is 14.0 Å². The van der Waals surface area contributed by atoms with Gasteiger partial charge in [0.05, 0.1) is 5.56 Å². The van der Waals surface area contributed by atoms with E-state index in [0.29, 0.717) is 16.9 Å². The minimum atomic E-state index is -0.260. The van der Waals surface area contributed by atoms with E-state index in [-0.39, 0.29) is 5.82 Å². The minimum absolute atomic E-state index is 0.260. The monoisotopic (exact) mass is 196 g/mol. The molecule has 0 unspecified atom stereocenters. The van der Waals surface area contributed by atoms with Gasteiger partial charge in [0.1, 0.15) is 11.6 Å². The summed E-state index contributed by atoms with van der Waals surface area (Å²) in [5.74, 6) is 0.262. The first-order chi connectivity index (χ1) is 6.70. The molecule has 0 amide bonds. The maximum absolute atomic E-state index is 13.3. The van der Waals surface area contributed by atoms with Gasteiger partial charge < -0.3 is 5.32 Å². The van der Waals surface area contributed by atoms with Crippen LogP contribution in [0.2, 0.25) is 0 Å². The molecule has 0 spiro atoms. The van der Waals surface area contributed by atoms with E-state index < -0.39 is 0 Å². The van der Waals surface area contributed by atoms with E-state index in [1.807, 2.05) is 13.8 Å². The Hall–Kier alpha value is -1.38. The molecule has 3 heteroatoms. The molecule has 0 bridgehead atoms. The molecule has 1 heterocycles. The van der Waals surface area contributed by atoms with Crippen LogP contribution in [-0.2, 0) is 0 Å². The normalized spacial score (nSPS) is 8.64. The molecule has 78 valence electrons. The molecule has 14 heavy (non-hydrogen) atoms. The first-order valence-electron chi connectivity index (χ1n) is 4.66. The van der Waals surface area contributed by atoms with Gasteiger partial charge in [0.2, 0.25) is 0 Å². The van der Waals surface area contributed by atoms with Gasteiger partial charge in [0.25, 0.3) is 0 Å². The van der Waals surface area contributed by atoms with Crippen molar-refractivity contribution in [3.63, 3.8) is 0 Å². The Balaban J connectivity index is 0.000000791. The lowest BCUT2D eigenvalue weighted by Gasteiger charge is -2.06. The third kappa shape index (κ3) is 2.55. The predicted molar refractivity (Wildman–Crippen MR) is 59.9 cm³/mol. The van der Waals surface area contributed by atoms with Gasteiger partial charge >= 0.3 is 0 Å². The summed E-state index contributed by atoms with van der Waals surface area (Å²) in [5, 5.41) is 2.79. The van der Waals surface area contributed by atoms with Gasteiger partial charge in [-0.25, -0.2) is 9.37 Å². The number of pyridine rings is 1. The summed E-state index contributed by atoms with van der Waals surface area (Å²) >= 11 is 0. The number of nitrogens with zero attached hydrogens (tertiary/aromatic N) is 1. The Morgan fingerprint density at radius 3 is 2.50 bits per heavy atom. The number of aromatic nitrogens is 1. The Bertz CT molecular complexity index is 308. The van der Waals surface area contributed by atoms with Crippen molar-refractivity contribution in [2.24, 2.45) is 0 Å². The summed E-state index contributed by atoms with van der Waals surface area (Å²) in [7, 11) is 1.70. The Labute approximate surface area is 84.9 Å². The molecule has 0 saturated carbocycles. The molecule has 0 aromatic carbocycles. The number of hydrogen-bond acceptors (Lipinski definition) is 2. The molecule has 1 aromatic heterocycles. The van der Waals surface area contributed by atoms with Crippen LogP contribution >= 0.6 is 0 Å². The molecule has 2 nitrogen and oxygen atoms in total. The molecule has 0 atom stereocenters. The quantitative estimate of drug-likeness (QED) is 0.785. The molecule has 1 aromatic rings. The van der Waals surface area contributed by atoms with Crippen LogP contribution < -0.4 is 5.32 Å². The summed E-state index contributed by atoms with van der Waals surface area (Å²) in [4.78, 5) is 4.01. The number of hydrogen-bond donors (Lipinski definition) is 1. The van der Waals surface area contributed by atoms with E-state index in [2.05, 4.69) is 16.9 Å². The highest BCUT2D eigenvalue weighted by molar-refractivity contribution is 5.62. The first kappa shape index (κ1) is 12.6. The third-order valence-electron chi connectivity index (χ3n) is 1.67. The maximum Gasteiger partial charge on any atom is 0.138 e. The molecule has 0 saturated heterocycles. The molecule has 0 radical (unpaired) electrons. The Morgan fingerprint density at radius 1 is 1.50 bits per heavy atom. The zero-order chi connectivity index (χ0) is 11.1. The van der Waals surface area contributed by atoms with E-state index in [9.17, 15) is 4.39 Å². The standard InChI is InChI=1S/C9H11FN2.C2H6/c1-4-7-8(10)6(2)5-12-9(7)11-3;1-2/h4-5H,1H2,2-3H3,(H,11,12);1-2H3. The molecule has 0 aliphatic rings. The third-order valence-corrected chi connectivity index (χ3v) is 1.67. The summed E-state index contributed by atoms with van der Waals surface area (Å²) in [6.45, 7) is 9.20. The van der Waals surface area contributed by atoms with Gasteiger partial charge in [-0.15, -0.1) is 0 Å². The lowest BCUT2D eigenvalue weighted by Crippen LogP contribution is -1.99. The molecule has 0 fully saturated rings. The lowest BCUT2D eigenvalue weighted by atomic mass is 10.2. The van der Waals surface area contributed by atoms with Crippen LogP contribution in [0.25, 0.3) is 6.08 Å². The van der Waals surface area contributed by atoms with Crippen LogP contribution in [0.3, 0.4) is 0 Å². The predicted octanol–water partition coefficient (Wildman–Crippen LogP) is 3.24. The van der Waals surface area contributed by atoms with E-state index in [0.717, 1.165) is 0 Å². The Morgan fingerprint density at radius 2 is 2.07 bits per heavy atom. The highest BCUT2D eigenvalue weighted by Gasteiger charge is 2.07. The number of aryl methyl sites for hydroxylation is 1. The van der Waals surface area contributed by atoms with Crippen molar-refractivity contribution in [2.75, 3.05) is 12.4 Å². The minimum Gasteiger partial charge on any atom is -0.373 e. The highest BCUT2D eigenvalue weighted by atomic mass is 19.1. The second kappa shape index (κ2) is 6.13. The van der Waals surface area contributed by atoms with E-state index in [4.69, 9.17) is 0 Å². The van der Waals surface area contributed by atoms with Crippen molar-refractivity contribution >= 4 is 11.9 Å². The molecule has 0 aliphatic heterocycles. The van der Waals surface area contributed by atoms with Crippen molar-refractivity contribution in [1.29, 1.82) is 0 Å². The average molecular weight is 196 g/mol. The lowest BCUT2D eigenvalue weighted by molar-refractivity contribution is 0.614. The molecular weight excluding hydrogens is 179 g/mol. The van der Waals surface area contributed by atoms with Crippen LogP contribution in [0.15, 0.2) is 12.8 Å². The summed E-state index contributed by atoms with van der Waals surface area (Å²) in [5.41, 5.74) is 0.960. The van der Waals surface area contributed by atoms with Gasteiger partial charge in [0, 0.05) is 18.8 Å². The van der Waals surface area contributed by atoms with Crippen LogP contribution in [0.5, 0.6) is 0 Å². The van der Waals surface area contributed by atoms with Gasteiger partial charge in [0.15, 0.2) is 0 Å². The zero-order valence-corrected chi connectivity index (χ0v) is 9.19. The fraction of sp³-hybridized carbons (Fsp3) is 0.364. The van der Waals surface area contributed by atoms with Crippen LogP contribution in [0, 0.1) is 12.7 Å². The zero-order valence-electron chi connectivity index (χ0n) is 9.19. The van der Waals surface area contributed by atoms with Crippen molar-refractivity contribution in [1.82, 2.24) is 4.98 Å². The first-order valence-corrected chi connectivity index (χ1v) is 4.66. The van der Waals surface area contributed by atoms with Crippen molar-refractivity contribution in [3.8, 4) is 0 Å². The van der Waals surface area contributed by atoms with Crippen molar-refractivity contribution < 1.29 is 4.39 Å². The Kier molecular flexibility index (Phi) is 5.53. The summed E-state index contributed by atoms with van der Waals surface area (Å²) in [6.07, 6.45) is 2.95. The van der Waals surface area contributed by atoms with E-state index in [1.165, 1.54) is 12.3 Å². The SMILES string of the molecule is C=Cc1c(NC)ncc(C)c1F.CC. The van der Waals surface area contributed by atoms with Gasteiger partial charge in [-0.05, 0) is 6.92 Å². The molecule has 1 N–H and O–H groups in total. The van der Waals surface area contributed by atoms with Gasteiger partial charge in [-0.1, -0.05) is 26.5 Å². The van der Waals surface area contributed by atoms with Gasteiger partial charge in [-0.3, -0.25) is 0 Å². The van der Waals surface area contributed by atoms with Crippen LogP contribution in [0.4, 0.5) is 10.2 Å². The average Bonchev–Trinajstić information content (AvgIpc) is 2.24. The van der Waals surface area contributed by atoms with Crippen LogP contribution in [0.1, 0.15) is 25.0 Å². The van der Waals surface area contributed by atoms with Crippen LogP contribution in [-0.4, -0.2) is 12.0 Å². The largest absolute Gasteiger partial charge is 0.373 e. The number of nitrogens with one attached hydrogen (secondary N) is 1. The fourth-order valence-corrected chi connectivity index (χ4v) is 0.989. The highest BCUT2D eigenvalue weighted by Crippen LogP contribution is 2.19. The number of halogens is 1. The molecule has 1 rings (SSSR count). The number of rotatable bonds is 2. The van der Waals surface area contributed by atoms with Crippen molar-refractivity contribution in [3.05, 3.63) is 29.7 Å². The second-order valence-electron chi connectivity index (χ2n) is 2.47. The van der Waals surface area contributed by atoms with Gasteiger partial charge in [-0.2, -0.15) is 0 Å². The second-order valence-corrected chi connectivity index (χ2v) is 2.47. The summed E-state index contributed by atoms with van der Waals surface area (Å²) in [6, 6.07) is 0. The molecular formula is C11H17FN2. The molecule has 0 aliphatic carbocycles. The summed E-state index contributed by atoms with van der Waals surface area (Å²) < 4.78 is 13.3. The smallest absolute Gasteiger partial charge is 0.138 e.